The number of para-hydroxylation sites is 1. The first-order valence-corrected chi connectivity index (χ1v) is 13.3. The van der Waals surface area contributed by atoms with Gasteiger partial charge in [0, 0.05) is 21.8 Å². The van der Waals surface area contributed by atoms with Gasteiger partial charge < -0.3 is 5.32 Å². The van der Waals surface area contributed by atoms with E-state index in [4.69, 9.17) is 12.2 Å². The highest BCUT2D eigenvalue weighted by Gasteiger charge is 2.18. The summed E-state index contributed by atoms with van der Waals surface area (Å²) in [5.74, 6) is 0. The van der Waals surface area contributed by atoms with Crippen molar-refractivity contribution in [2.45, 2.75) is 20.8 Å². The van der Waals surface area contributed by atoms with Gasteiger partial charge in [-0.3, -0.25) is 0 Å². The summed E-state index contributed by atoms with van der Waals surface area (Å²) < 4.78 is 0. The smallest absolute Gasteiger partial charge is 0.0479 e. The molecule has 0 saturated carbocycles. The molecule has 0 bridgehead atoms. The second kappa shape index (κ2) is 11.4. The van der Waals surface area contributed by atoms with Gasteiger partial charge in [0.25, 0.3) is 0 Å². The molecule has 0 saturated heterocycles. The van der Waals surface area contributed by atoms with Crippen LogP contribution >= 0.6 is 12.2 Å². The molecule has 38 heavy (non-hydrogen) atoms. The van der Waals surface area contributed by atoms with E-state index in [2.05, 4.69) is 153 Å². The third-order valence-electron chi connectivity index (χ3n) is 6.81. The summed E-state index contributed by atoms with van der Waals surface area (Å²) in [4.78, 5) is 0.804. The van der Waals surface area contributed by atoms with Gasteiger partial charge in [-0.2, -0.15) is 0 Å². The average Bonchev–Trinajstić information content (AvgIpc) is 2.96. The van der Waals surface area contributed by atoms with Crippen LogP contribution in [0.25, 0.3) is 33.4 Å². The summed E-state index contributed by atoms with van der Waals surface area (Å²) in [5, 5.41) is 3.61. The lowest BCUT2D eigenvalue weighted by atomic mass is 9.86. The molecule has 1 N–H and O–H groups in total. The van der Waals surface area contributed by atoms with Crippen LogP contribution in [0.3, 0.4) is 0 Å². The van der Waals surface area contributed by atoms with Gasteiger partial charge in [-0.1, -0.05) is 121 Å². The zero-order valence-corrected chi connectivity index (χ0v) is 22.8. The Morgan fingerprint density at radius 1 is 0.579 bits per heavy atom. The van der Waals surface area contributed by atoms with Crippen LogP contribution in [0.1, 0.15) is 23.6 Å². The third-order valence-corrected chi connectivity index (χ3v) is 7.13. The summed E-state index contributed by atoms with van der Waals surface area (Å²) in [5.41, 5.74) is 12.6. The molecule has 2 heteroatoms. The molecule has 186 valence electrons. The first-order chi connectivity index (χ1) is 18.5. The van der Waals surface area contributed by atoms with Crippen LogP contribution in [0, 0.1) is 13.8 Å². The number of aryl methyl sites for hydroxylation is 2. The summed E-state index contributed by atoms with van der Waals surface area (Å²) in [7, 11) is 0. The predicted molar refractivity (Wildman–Crippen MR) is 168 cm³/mol. The van der Waals surface area contributed by atoms with Gasteiger partial charge in [0.2, 0.25) is 0 Å². The van der Waals surface area contributed by atoms with Crippen LogP contribution < -0.4 is 5.32 Å². The number of anilines is 1. The van der Waals surface area contributed by atoms with Crippen molar-refractivity contribution in [2.75, 3.05) is 5.32 Å². The highest BCUT2D eigenvalue weighted by molar-refractivity contribution is 7.81. The van der Waals surface area contributed by atoms with E-state index >= 15 is 0 Å². The third kappa shape index (κ3) is 5.51. The van der Waals surface area contributed by atoms with Crippen molar-refractivity contribution in [3.63, 3.8) is 0 Å². The molecule has 0 aliphatic carbocycles. The van der Waals surface area contributed by atoms with Crippen LogP contribution in [-0.2, 0) is 0 Å². The van der Waals surface area contributed by atoms with Crippen LogP contribution in [0.4, 0.5) is 5.69 Å². The second-order valence-corrected chi connectivity index (χ2v) is 10.1. The van der Waals surface area contributed by atoms with Crippen LogP contribution in [-0.4, -0.2) is 4.86 Å². The molecule has 0 radical (unpaired) electrons. The van der Waals surface area contributed by atoms with Crippen molar-refractivity contribution in [1.82, 2.24) is 0 Å². The maximum Gasteiger partial charge on any atom is 0.0479 e. The van der Waals surface area contributed by atoms with Crippen molar-refractivity contribution in [1.29, 1.82) is 0 Å². The fourth-order valence-corrected chi connectivity index (χ4v) is 5.31. The molecular formula is C36H31NS. The van der Waals surface area contributed by atoms with Gasteiger partial charge in [-0.15, -0.1) is 0 Å². The second-order valence-electron chi connectivity index (χ2n) is 9.63. The highest BCUT2D eigenvalue weighted by atomic mass is 32.1. The lowest BCUT2D eigenvalue weighted by Gasteiger charge is -2.19. The van der Waals surface area contributed by atoms with E-state index in [1.165, 1.54) is 22.3 Å². The van der Waals surface area contributed by atoms with Crippen molar-refractivity contribution in [2.24, 2.45) is 0 Å². The van der Waals surface area contributed by atoms with E-state index in [9.17, 15) is 0 Å². The Morgan fingerprint density at radius 2 is 1.03 bits per heavy atom. The monoisotopic (exact) mass is 509 g/mol. The average molecular weight is 510 g/mol. The van der Waals surface area contributed by atoms with Gasteiger partial charge in [-0.05, 0) is 83.5 Å². The molecule has 1 nitrogen and oxygen atoms in total. The first-order valence-electron chi connectivity index (χ1n) is 12.9. The topological polar surface area (TPSA) is 12.0 Å². The largest absolute Gasteiger partial charge is 0.359 e. The van der Waals surface area contributed by atoms with E-state index < -0.39 is 0 Å². The zero-order chi connectivity index (χ0) is 26.5. The number of allylic oxidation sites excluding steroid dienone is 2. The summed E-state index contributed by atoms with van der Waals surface area (Å²) in [6.07, 6.45) is 2.09. The number of benzene rings is 5. The number of hydrogen-bond donors (Lipinski definition) is 1. The van der Waals surface area contributed by atoms with Gasteiger partial charge in [0.1, 0.15) is 0 Å². The Hall–Kier alpha value is -4.27. The van der Waals surface area contributed by atoms with E-state index in [1.54, 1.807) is 0 Å². The standard InChI is InChI=1S/C36H31NS/c1-25-14-13-15-26(2)36(25)37-27(3)22-34(38)35-32(29-18-9-5-10-19-29)23-31(28-16-7-4-8-17-28)24-33(35)30-20-11-6-12-21-30/h4-24,37H,1-3H3/b27-22-. The molecule has 0 atom stereocenters. The maximum absolute atomic E-state index is 6.20. The Kier molecular flexibility index (Phi) is 7.62. The van der Waals surface area contributed by atoms with Crippen molar-refractivity contribution in [3.8, 4) is 33.4 Å². The number of nitrogens with one attached hydrogen (secondary N) is 1. The minimum atomic E-state index is 0.804. The van der Waals surface area contributed by atoms with E-state index in [0.717, 1.165) is 44.1 Å². The Bertz CT molecular complexity index is 1520. The lowest BCUT2D eigenvalue weighted by Crippen LogP contribution is -2.06. The summed E-state index contributed by atoms with van der Waals surface area (Å²) >= 11 is 6.20. The molecule has 0 spiro atoms. The SMILES string of the molecule is C/C(=C/C(=S)c1c(-c2ccccc2)cc(-c2ccccc2)cc1-c1ccccc1)Nc1c(C)cccc1C. The van der Waals surface area contributed by atoms with Crippen LogP contribution in [0.2, 0.25) is 0 Å². The zero-order valence-electron chi connectivity index (χ0n) is 22.0. The number of hydrogen-bond acceptors (Lipinski definition) is 2. The van der Waals surface area contributed by atoms with E-state index in [0.29, 0.717) is 0 Å². The number of rotatable bonds is 7. The molecule has 5 aromatic rings. The van der Waals surface area contributed by atoms with Gasteiger partial charge in [0.15, 0.2) is 0 Å². The molecule has 5 rings (SSSR count). The molecule has 0 aliphatic heterocycles. The highest BCUT2D eigenvalue weighted by Crippen LogP contribution is 2.38. The predicted octanol–water partition coefficient (Wildman–Crippen LogP) is 10.0. The van der Waals surface area contributed by atoms with Crippen molar-refractivity contribution < 1.29 is 0 Å². The van der Waals surface area contributed by atoms with Gasteiger partial charge >= 0.3 is 0 Å². The maximum atomic E-state index is 6.20. The molecule has 0 fully saturated rings. The molecular weight excluding hydrogens is 478 g/mol. The Morgan fingerprint density at radius 3 is 1.50 bits per heavy atom. The summed E-state index contributed by atoms with van der Waals surface area (Å²) in [6.45, 7) is 6.34. The van der Waals surface area contributed by atoms with E-state index in [-0.39, 0.29) is 0 Å². The Balaban J connectivity index is 1.70. The van der Waals surface area contributed by atoms with Crippen LogP contribution in [0.5, 0.6) is 0 Å². The van der Waals surface area contributed by atoms with Crippen LogP contribution in [0.15, 0.2) is 133 Å². The summed E-state index contributed by atoms with van der Waals surface area (Å²) in [6, 6.07) is 42.6. The molecule has 0 aromatic heterocycles. The Labute approximate surface area is 231 Å². The molecule has 0 unspecified atom stereocenters. The minimum absolute atomic E-state index is 0.804. The van der Waals surface area contributed by atoms with Crippen molar-refractivity contribution >= 4 is 22.8 Å². The normalized spacial score (nSPS) is 11.3. The number of thiocarbonyl (C=S) groups is 1. The van der Waals surface area contributed by atoms with Gasteiger partial charge in [-0.25, -0.2) is 0 Å². The fraction of sp³-hybridized carbons (Fsp3) is 0.0833. The van der Waals surface area contributed by atoms with E-state index in [1.807, 2.05) is 0 Å². The molecule has 0 aliphatic rings. The molecule has 5 aromatic carbocycles. The van der Waals surface area contributed by atoms with Gasteiger partial charge in [0.05, 0.1) is 0 Å². The van der Waals surface area contributed by atoms with Crippen molar-refractivity contribution in [3.05, 3.63) is 150 Å². The lowest BCUT2D eigenvalue weighted by molar-refractivity contribution is 1.30. The molecule has 0 heterocycles. The fourth-order valence-electron chi connectivity index (χ4n) is 4.91. The first kappa shape index (κ1) is 25.4. The molecule has 0 amide bonds. The minimum Gasteiger partial charge on any atom is -0.359 e. The quantitative estimate of drug-likeness (QED) is 0.133.